The molecule has 1 saturated carbocycles. The van der Waals surface area contributed by atoms with Gasteiger partial charge >= 0.3 is 5.97 Å². The first kappa shape index (κ1) is 15.5. The van der Waals surface area contributed by atoms with Gasteiger partial charge < -0.3 is 14.7 Å². The van der Waals surface area contributed by atoms with Gasteiger partial charge in [0.2, 0.25) is 5.69 Å². The summed E-state index contributed by atoms with van der Waals surface area (Å²) in [7, 11) is 0. The predicted octanol–water partition coefficient (Wildman–Crippen LogP) is 2.57. The Morgan fingerprint density at radius 2 is 2.08 bits per heavy atom. The van der Waals surface area contributed by atoms with E-state index < -0.39 is 5.97 Å². The van der Waals surface area contributed by atoms with Crippen LogP contribution in [0.5, 0.6) is 5.88 Å². The number of piperidine rings is 1. The van der Waals surface area contributed by atoms with Gasteiger partial charge in [0.1, 0.15) is 0 Å². The summed E-state index contributed by atoms with van der Waals surface area (Å²) in [6.07, 6.45) is 0. The number of carboxylic acids is 1. The molecular weight excluding hydrogens is 355 g/mol. The van der Waals surface area contributed by atoms with Gasteiger partial charge in [-0.25, -0.2) is 9.89 Å². The van der Waals surface area contributed by atoms with Gasteiger partial charge in [0.25, 0.3) is 5.88 Å². The molecule has 2 fully saturated rings. The number of aromatic amines is 1. The Bertz CT molecular complexity index is 785. The molecule has 0 radical (unpaired) electrons. The number of carboxylic acid groups (broad SMARTS) is 1. The van der Waals surface area contributed by atoms with Gasteiger partial charge in [-0.3, -0.25) is 0 Å². The van der Waals surface area contributed by atoms with Crippen molar-refractivity contribution < 1.29 is 14.6 Å². The van der Waals surface area contributed by atoms with Crippen molar-refractivity contribution in [1.82, 2.24) is 15.4 Å². The van der Waals surface area contributed by atoms with E-state index in [9.17, 15) is 4.79 Å². The minimum absolute atomic E-state index is 0.0498. The van der Waals surface area contributed by atoms with Crippen molar-refractivity contribution >= 4 is 34.9 Å². The third-order valence-corrected chi connectivity index (χ3v) is 5.52. The molecule has 2 aromatic rings. The van der Waals surface area contributed by atoms with Crippen LogP contribution in [-0.2, 0) is 0 Å². The number of rotatable bonds is 5. The van der Waals surface area contributed by atoms with E-state index in [1.807, 2.05) is 18.2 Å². The molecule has 2 atom stereocenters. The molecule has 1 aliphatic heterocycles. The molecule has 1 saturated heterocycles. The van der Waals surface area contributed by atoms with Gasteiger partial charge in [0, 0.05) is 24.7 Å². The third-order valence-electron chi connectivity index (χ3n) is 4.78. The molecular formula is C15H14Cl2N4O3. The van der Waals surface area contributed by atoms with Gasteiger partial charge in [-0.05, 0) is 30.0 Å². The average molecular weight is 369 g/mol. The van der Waals surface area contributed by atoms with Crippen LogP contribution in [0.25, 0.3) is 0 Å². The Hall–Kier alpha value is -1.99. The number of aromatic nitrogens is 3. The van der Waals surface area contributed by atoms with Crippen LogP contribution in [0.1, 0.15) is 10.5 Å². The SMILES string of the molecule is O=C(O)c1[nH]nnc1OCC1C2CN(c3ccc(Cl)c(Cl)c3)CC12. The van der Waals surface area contributed by atoms with E-state index in [0.717, 1.165) is 18.8 Å². The van der Waals surface area contributed by atoms with Crippen molar-refractivity contribution in [2.24, 2.45) is 17.8 Å². The number of fused-ring (bicyclic) bond motifs is 1. The summed E-state index contributed by atoms with van der Waals surface area (Å²) < 4.78 is 5.53. The Labute approximate surface area is 147 Å². The maximum Gasteiger partial charge on any atom is 0.359 e. The summed E-state index contributed by atoms with van der Waals surface area (Å²) in [5.41, 5.74) is 0.958. The van der Waals surface area contributed by atoms with Gasteiger partial charge in [0.05, 0.1) is 16.7 Å². The smallest absolute Gasteiger partial charge is 0.359 e. The average Bonchev–Trinajstić information content (AvgIpc) is 2.97. The van der Waals surface area contributed by atoms with Crippen molar-refractivity contribution in [2.45, 2.75) is 0 Å². The first-order valence-electron chi connectivity index (χ1n) is 7.51. The fourth-order valence-corrected chi connectivity index (χ4v) is 3.72. The Balaban J connectivity index is 1.33. The van der Waals surface area contributed by atoms with E-state index >= 15 is 0 Å². The summed E-state index contributed by atoms with van der Waals surface area (Å²) >= 11 is 12.0. The summed E-state index contributed by atoms with van der Waals surface area (Å²) in [6.45, 7) is 2.32. The summed E-state index contributed by atoms with van der Waals surface area (Å²) in [4.78, 5) is 13.3. The van der Waals surface area contributed by atoms with Crippen LogP contribution in [0.3, 0.4) is 0 Å². The van der Waals surface area contributed by atoms with Gasteiger partial charge in [-0.1, -0.05) is 33.5 Å². The highest BCUT2D eigenvalue weighted by molar-refractivity contribution is 6.42. The number of H-pyrrole nitrogens is 1. The number of hydrogen-bond acceptors (Lipinski definition) is 5. The molecule has 7 nitrogen and oxygen atoms in total. The quantitative estimate of drug-likeness (QED) is 0.842. The normalized spacial score (nSPS) is 24.8. The lowest BCUT2D eigenvalue weighted by atomic mass is 10.2. The second-order valence-corrected chi connectivity index (χ2v) is 6.92. The predicted molar refractivity (Wildman–Crippen MR) is 88.0 cm³/mol. The van der Waals surface area contributed by atoms with Crippen molar-refractivity contribution in [2.75, 3.05) is 24.6 Å². The number of carbonyl (C=O) groups is 1. The lowest BCUT2D eigenvalue weighted by Crippen LogP contribution is -2.25. The molecule has 9 heteroatoms. The molecule has 2 unspecified atom stereocenters. The number of nitrogens with zero attached hydrogens (tertiary/aromatic N) is 3. The van der Waals surface area contributed by atoms with Crippen LogP contribution in [-0.4, -0.2) is 46.2 Å². The lowest BCUT2D eigenvalue weighted by molar-refractivity contribution is 0.0685. The molecule has 1 aromatic heterocycles. The maximum absolute atomic E-state index is 11.0. The van der Waals surface area contributed by atoms with E-state index in [1.165, 1.54) is 0 Å². The molecule has 1 aromatic carbocycles. The Morgan fingerprint density at radius 3 is 2.75 bits per heavy atom. The van der Waals surface area contributed by atoms with Crippen molar-refractivity contribution in [3.63, 3.8) is 0 Å². The summed E-state index contributed by atoms with van der Waals surface area (Å²) in [6, 6.07) is 5.66. The molecule has 0 amide bonds. The first-order valence-corrected chi connectivity index (χ1v) is 8.27. The topological polar surface area (TPSA) is 91.3 Å². The number of anilines is 1. The van der Waals surface area contributed by atoms with Crippen molar-refractivity contribution in [3.05, 3.63) is 33.9 Å². The molecule has 2 heterocycles. The van der Waals surface area contributed by atoms with Crippen molar-refractivity contribution in [1.29, 1.82) is 0 Å². The van der Waals surface area contributed by atoms with Gasteiger partial charge in [-0.15, -0.1) is 0 Å². The molecule has 126 valence electrons. The second kappa shape index (κ2) is 5.82. The molecule has 4 rings (SSSR count). The zero-order valence-electron chi connectivity index (χ0n) is 12.4. The van der Waals surface area contributed by atoms with E-state index in [2.05, 4.69) is 20.3 Å². The molecule has 2 N–H and O–H groups in total. The highest BCUT2D eigenvalue weighted by Gasteiger charge is 2.56. The minimum atomic E-state index is -1.13. The number of hydrogen-bond donors (Lipinski definition) is 2. The number of aromatic carboxylic acids is 1. The van der Waals surface area contributed by atoms with Crippen molar-refractivity contribution in [3.8, 4) is 5.88 Å². The monoisotopic (exact) mass is 368 g/mol. The first-order chi connectivity index (χ1) is 11.5. The zero-order chi connectivity index (χ0) is 16.8. The summed E-state index contributed by atoms with van der Waals surface area (Å²) in [5, 5.41) is 19.5. The van der Waals surface area contributed by atoms with E-state index in [0.29, 0.717) is 34.4 Å². The van der Waals surface area contributed by atoms with E-state index in [4.69, 9.17) is 33.0 Å². The van der Waals surface area contributed by atoms with Crippen LogP contribution in [0, 0.1) is 17.8 Å². The standard InChI is InChI=1S/C15H14Cl2N4O3/c16-11-2-1-7(3-12(11)17)21-4-8-9(5-21)10(8)6-24-14-13(15(22)23)18-20-19-14/h1-3,8-10H,4-6H2,(H,22,23)(H,18,19,20). The molecule has 24 heavy (non-hydrogen) atoms. The largest absolute Gasteiger partial charge is 0.476 e. The number of ether oxygens (including phenoxy) is 1. The fourth-order valence-electron chi connectivity index (χ4n) is 3.42. The number of nitrogens with one attached hydrogen (secondary N) is 1. The highest BCUT2D eigenvalue weighted by Crippen LogP contribution is 2.52. The molecule has 0 bridgehead atoms. The number of halogens is 2. The van der Waals surface area contributed by atoms with Crippen LogP contribution >= 0.6 is 23.2 Å². The molecule has 1 aliphatic carbocycles. The highest BCUT2D eigenvalue weighted by atomic mass is 35.5. The van der Waals surface area contributed by atoms with Crippen LogP contribution in [0.4, 0.5) is 5.69 Å². The fraction of sp³-hybridized carbons (Fsp3) is 0.400. The van der Waals surface area contributed by atoms with E-state index in [-0.39, 0.29) is 11.6 Å². The third kappa shape index (κ3) is 2.67. The van der Waals surface area contributed by atoms with Crippen LogP contribution in [0.15, 0.2) is 18.2 Å². The zero-order valence-corrected chi connectivity index (χ0v) is 14.0. The van der Waals surface area contributed by atoms with Gasteiger partial charge in [-0.2, -0.15) is 0 Å². The Morgan fingerprint density at radius 1 is 1.33 bits per heavy atom. The van der Waals surface area contributed by atoms with Gasteiger partial charge in [0.15, 0.2) is 0 Å². The molecule has 2 aliphatic rings. The van der Waals surface area contributed by atoms with Crippen LogP contribution in [0.2, 0.25) is 10.0 Å². The Kier molecular flexibility index (Phi) is 3.77. The minimum Gasteiger partial charge on any atom is -0.476 e. The maximum atomic E-state index is 11.0. The lowest BCUT2D eigenvalue weighted by Gasteiger charge is -2.22. The van der Waals surface area contributed by atoms with E-state index in [1.54, 1.807) is 0 Å². The summed E-state index contributed by atoms with van der Waals surface area (Å²) in [5.74, 6) is 0.423. The van der Waals surface area contributed by atoms with Crippen LogP contribution < -0.4 is 9.64 Å². The number of benzene rings is 1. The second-order valence-electron chi connectivity index (χ2n) is 6.10. The molecule has 0 spiro atoms.